The Balaban J connectivity index is 1.08. The third kappa shape index (κ3) is 5.44. The summed E-state index contributed by atoms with van der Waals surface area (Å²) in [6, 6.07) is 89.4. The van der Waals surface area contributed by atoms with Gasteiger partial charge in [0.05, 0.1) is 11.1 Å². The molecule has 2 aliphatic carbocycles. The van der Waals surface area contributed by atoms with E-state index in [1.807, 2.05) is 11.3 Å². The van der Waals surface area contributed by atoms with Crippen LogP contribution < -0.4 is 9.80 Å². The summed E-state index contributed by atoms with van der Waals surface area (Å²) in [5.41, 5.74) is 17.8. The first kappa shape index (κ1) is 36.7. The van der Waals surface area contributed by atoms with Gasteiger partial charge in [-0.2, -0.15) is 0 Å². The van der Waals surface area contributed by atoms with E-state index in [1.165, 1.54) is 75.8 Å². The van der Waals surface area contributed by atoms with Crippen molar-refractivity contribution in [3.63, 3.8) is 0 Å². The Morgan fingerprint density at radius 1 is 0.328 bits per heavy atom. The van der Waals surface area contributed by atoms with Gasteiger partial charge in [0.15, 0.2) is 0 Å². The number of rotatable bonds is 7. The van der Waals surface area contributed by atoms with Crippen LogP contribution in [0, 0.1) is 0 Å². The molecule has 1 atom stereocenters. The zero-order chi connectivity index (χ0) is 42.2. The summed E-state index contributed by atoms with van der Waals surface area (Å²) < 4.78 is 1.31. The molecule has 0 amide bonds. The Kier molecular flexibility index (Phi) is 8.34. The van der Waals surface area contributed by atoms with Crippen LogP contribution in [-0.2, 0) is 5.41 Å². The Labute approximate surface area is 377 Å². The lowest BCUT2D eigenvalue weighted by Crippen LogP contribution is -2.26. The van der Waals surface area contributed by atoms with Gasteiger partial charge in [-0.05, 0) is 134 Å². The van der Waals surface area contributed by atoms with E-state index in [9.17, 15) is 0 Å². The van der Waals surface area contributed by atoms with Gasteiger partial charge in [0.25, 0.3) is 0 Å². The molecule has 11 aromatic rings. The minimum absolute atomic E-state index is 0.581. The third-order valence-electron chi connectivity index (χ3n) is 13.4. The summed E-state index contributed by atoms with van der Waals surface area (Å²) in [6.07, 6.45) is 0. The van der Waals surface area contributed by atoms with Gasteiger partial charge in [0.2, 0.25) is 0 Å². The maximum atomic E-state index is 2.52. The van der Waals surface area contributed by atoms with Crippen molar-refractivity contribution in [3.8, 4) is 32.7 Å². The summed E-state index contributed by atoms with van der Waals surface area (Å²) in [6.45, 7) is 0. The van der Waals surface area contributed by atoms with Crippen molar-refractivity contribution in [2.24, 2.45) is 0 Å². The molecule has 10 aromatic carbocycles. The molecular weight excluding hydrogens is 793 g/mol. The van der Waals surface area contributed by atoms with Crippen molar-refractivity contribution in [3.05, 3.63) is 265 Å². The van der Waals surface area contributed by atoms with Gasteiger partial charge in [-0.1, -0.05) is 170 Å². The first-order valence-electron chi connectivity index (χ1n) is 22.0. The molecule has 300 valence electrons. The summed E-state index contributed by atoms with van der Waals surface area (Å²) >= 11 is 1.93. The molecule has 2 nitrogen and oxygen atoms in total. The van der Waals surface area contributed by atoms with Crippen molar-refractivity contribution in [2.45, 2.75) is 5.41 Å². The number of hydrogen-bond donors (Lipinski definition) is 0. The first-order chi connectivity index (χ1) is 31.8. The Bertz CT molecular complexity index is 3550. The largest absolute Gasteiger partial charge is 0.310 e. The summed E-state index contributed by atoms with van der Waals surface area (Å²) in [7, 11) is 0. The fourth-order valence-electron chi connectivity index (χ4n) is 10.8. The molecule has 1 unspecified atom stereocenters. The second-order valence-electron chi connectivity index (χ2n) is 16.8. The highest BCUT2D eigenvalue weighted by Crippen LogP contribution is 2.67. The van der Waals surface area contributed by atoms with E-state index in [-0.39, 0.29) is 0 Å². The van der Waals surface area contributed by atoms with Gasteiger partial charge in [0.1, 0.15) is 0 Å². The number of para-hydroxylation sites is 2. The fraction of sp³-hybridized carbons (Fsp3) is 0.0164. The van der Waals surface area contributed by atoms with Crippen LogP contribution in [0.5, 0.6) is 0 Å². The quantitative estimate of drug-likeness (QED) is 0.158. The van der Waals surface area contributed by atoms with Crippen LogP contribution in [0.1, 0.15) is 22.3 Å². The third-order valence-corrected chi connectivity index (χ3v) is 14.6. The Hall–Kier alpha value is -7.98. The predicted octanol–water partition coefficient (Wildman–Crippen LogP) is 17.0. The van der Waals surface area contributed by atoms with Crippen LogP contribution in [0.4, 0.5) is 34.1 Å². The van der Waals surface area contributed by atoms with Crippen LogP contribution in [0.15, 0.2) is 243 Å². The number of anilines is 6. The molecule has 0 saturated carbocycles. The second-order valence-corrected chi connectivity index (χ2v) is 17.9. The van der Waals surface area contributed by atoms with E-state index in [1.54, 1.807) is 0 Å². The van der Waals surface area contributed by atoms with Crippen LogP contribution >= 0.6 is 11.3 Å². The second kappa shape index (κ2) is 14.6. The maximum Gasteiger partial charge on any atom is 0.0741 e. The lowest BCUT2D eigenvalue weighted by Gasteiger charge is -2.33. The minimum Gasteiger partial charge on any atom is -0.310 e. The van der Waals surface area contributed by atoms with Crippen molar-refractivity contribution in [1.29, 1.82) is 0 Å². The number of hydrogen-bond acceptors (Lipinski definition) is 3. The summed E-state index contributed by atoms with van der Waals surface area (Å²) in [5, 5.41) is 3.75. The molecule has 0 bridgehead atoms. The van der Waals surface area contributed by atoms with Gasteiger partial charge in [-0.3, -0.25) is 0 Å². The molecule has 0 saturated heterocycles. The molecule has 0 aliphatic heterocycles. The lowest BCUT2D eigenvalue weighted by atomic mass is 9.70. The Morgan fingerprint density at radius 2 is 0.844 bits per heavy atom. The standard InChI is InChI=1S/C61H40N2S/c1-4-17-41(18-5-1)42-31-33-46(34-32-42)62(44-21-6-2-7-22-44)47-35-37-51-50-26-12-14-28-54(50)61(55(51)39-47)56-40-48(36-38-52(56)60-59(61)53-27-13-15-30-58(53)64-60)63(45-23-8-3-9-24-45)57-29-16-20-43-19-10-11-25-49(43)57/h1-40H. The SMILES string of the molecule is c1ccc(-c2ccc(N(c3ccccc3)c3ccc4c(c3)C3(c5ccccc5-4)c4cc(N(c5ccccc5)c5cccc6ccccc56)ccc4-c4sc5ccccc5c43)cc2)cc1. The van der Waals surface area contributed by atoms with Crippen molar-refractivity contribution in [1.82, 2.24) is 0 Å². The summed E-state index contributed by atoms with van der Waals surface area (Å²) in [4.78, 5) is 6.22. The van der Waals surface area contributed by atoms with Crippen molar-refractivity contribution >= 4 is 66.3 Å². The molecule has 3 heteroatoms. The molecule has 1 spiro atoms. The first-order valence-corrected chi connectivity index (χ1v) is 22.8. The number of thiophene rings is 1. The van der Waals surface area contributed by atoms with Crippen LogP contribution in [0.25, 0.3) is 53.6 Å². The number of benzene rings is 10. The highest BCUT2D eigenvalue weighted by Gasteiger charge is 2.54. The van der Waals surface area contributed by atoms with Crippen LogP contribution in [0.3, 0.4) is 0 Å². The van der Waals surface area contributed by atoms with Crippen molar-refractivity contribution < 1.29 is 0 Å². The molecule has 13 rings (SSSR count). The van der Waals surface area contributed by atoms with E-state index < -0.39 is 5.41 Å². The normalized spacial score (nSPS) is 14.3. The highest BCUT2D eigenvalue weighted by molar-refractivity contribution is 7.22. The summed E-state index contributed by atoms with van der Waals surface area (Å²) in [5.74, 6) is 0. The van der Waals surface area contributed by atoms with E-state index in [4.69, 9.17) is 0 Å². The molecule has 0 fully saturated rings. The van der Waals surface area contributed by atoms with Crippen molar-refractivity contribution in [2.75, 3.05) is 9.80 Å². The monoisotopic (exact) mass is 832 g/mol. The molecule has 1 heterocycles. The van der Waals surface area contributed by atoms with Gasteiger partial charge >= 0.3 is 0 Å². The molecular formula is C61H40N2S. The topological polar surface area (TPSA) is 6.48 Å². The highest BCUT2D eigenvalue weighted by atomic mass is 32.1. The van der Waals surface area contributed by atoms with Crippen LogP contribution in [0.2, 0.25) is 0 Å². The number of fused-ring (bicyclic) bond motifs is 13. The van der Waals surface area contributed by atoms with Gasteiger partial charge in [-0.15, -0.1) is 11.3 Å². The van der Waals surface area contributed by atoms with E-state index in [2.05, 4.69) is 252 Å². The average molecular weight is 833 g/mol. The van der Waals surface area contributed by atoms with Crippen LogP contribution in [-0.4, -0.2) is 0 Å². The molecule has 64 heavy (non-hydrogen) atoms. The minimum atomic E-state index is -0.581. The zero-order valence-corrected chi connectivity index (χ0v) is 35.7. The molecule has 2 aliphatic rings. The maximum absolute atomic E-state index is 2.52. The molecule has 0 N–H and O–H groups in total. The predicted molar refractivity (Wildman–Crippen MR) is 270 cm³/mol. The fourth-order valence-corrected chi connectivity index (χ4v) is 12.1. The number of nitrogens with zero attached hydrogens (tertiary/aromatic N) is 2. The average Bonchev–Trinajstić information content (AvgIpc) is 3.99. The van der Waals surface area contributed by atoms with Gasteiger partial charge < -0.3 is 9.80 Å². The zero-order valence-electron chi connectivity index (χ0n) is 34.9. The lowest BCUT2D eigenvalue weighted by molar-refractivity contribution is 0.802. The van der Waals surface area contributed by atoms with E-state index in [0.717, 1.165) is 34.1 Å². The smallest absolute Gasteiger partial charge is 0.0741 e. The van der Waals surface area contributed by atoms with Gasteiger partial charge in [0, 0.05) is 43.4 Å². The molecule has 1 aromatic heterocycles. The van der Waals surface area contributed by atoms with E-state index >= 15 is 0 Å². The van der Waals surface area contributed by atoms with Gasteiger partial charge in [-0.25, -0.2) is 0 Å². The van der Waals surface area contributed by atoms with E-state index in [0.29, 0.717) is 0 Å². The molecule has 0 radical (unpaired) electrons. The Morgan fingerprint density at radius 3 is 1.61 bits per heavy atom.